The fourth-order valence-electron chi connectivity index (χ4n) is 2.18. The average Bonchev–Trinajstić information content (AvgIpc) is 2.41. The van der Waals surface area contributed by atoms with E-state index in [0.29, 0.717) is 4.47 Å². The Morgan fingerprint density at radius 2 is 2.00 bits per heavy atom. The summed E-state index contributed by atoms with van der Waals surface area (Å²) in [6.07, 6.45) is 0. The topological polar surface area (TPSA) is 57.6 Å². The van der Waals surface area contributed by atoms with E-state index >= 15 is 0 Å². The fourth-order valence-corrected chi connectivity index (χ4v) is 2.90. The van der Waals surface area contributed by atoms with E-state index in [-0.39, 0.29) is 11.5 Å². The predicted octanol–water partition coefficient (Wildman–Crippen LogP) is 2.40. The average molecular weight is 298 g/mol. The summed E-state index contributed by atoms with van der Waals surface area (Å²) >= 11 is 3.33. The predicted molar refractivity (Wildman–Crippen MR) is 67.5 cm³/mol. The van der Waals surface area contributed by atoms with Gasteiger partial charge >= 0.3 is 5.97 Å². The summed E-state index contributed by atoms with van der Waals surface area (Å²) in [5, 5.41) is 9.02. The zero-order chi connectivity index (χ0) is 13.0. The summed E-state index contributed by atoms with van der Waals surface area (Å²) in [5.41, 5.74) is 1.01. The van der Waals surface area contributed by atoms with Crippen molar-refractivity contribution in [3.8, 4) is 0 Å². The number of benzene rings is 1. The van der Waals surface area contributed by atoms with Crippen LogP contribution in [-0.2, 0) is 10.2 Å². The molecule has 1 N–H and O–H groups in total. The van der Waals surface area contributed by atoms with E-state index in [1.165, 1.54) is 6.07 Å². The Kier molecular flexibility index (Phi) is 2.54. The van der Waals surface area contributed by atoms with Crippen molar-refractivity contribution in [1.29, 1.82) is 0 Å². The number of hydrogen-bond acceptors (Lipinski definition) is 2. The number of aromatic carboxylic acids is 1. The normalized spacial score (nSPS) is 17.2. The molecule has 1 aromatic rings. The first-order valence-electron chi connectivity index (χ1n) is 5.12. The molecular weight excluding hydrogens is 286 g/mol. The van der Waals surface area contributed by atoms with Gasteiger partial charge in [0.2, 0.25) is 5.91 Å². The van der Waals surface area contributed by atoms with E-state index in [2.05, 4.69) is 15.9 Å². The molecule has 0 aliphatic carbocycles. The number of carbonyl (C=O) groups is 2. The summed E-state index contributed by atoms with van der Waals surface area (Å²) in [5.74, 6) is -1.03. The van der Waals surface area contributed by atoms with E-state index in [0.717, 1.165) is 11.3 Å². The molecule has 1 heterocycles. The minimum absolute atomic E-state index is 0.0317. The lowest BCUT2D eigenvalue weighted by Gasteiger charge is -2.16. The van der Waals surface area contributed by atoms with Crippen LogP contribution in [0.5, 0.6) is 0 Å². The highest BCUT2D eigenvalue weighted by molar-refractivity contribution is 9.10. The molecule has 0 aromatic heterocycles. The Hall–Kier alpha value is -1.36. The maximum absolute atomic E-state index is 12.1. The van der Waals surface area contributed by atoms with Gasteiger partial charge in [-0.1, -0.05) is 0 Å². The molecule has 1 aliphatic heterocycles. The van der Waals surface area contributed by atoms with Gasteiger partial charge < -0.3 is 10.0 Å². The zero-order valence-corrected chi connectivity index (χ0v) is 11.3. The summed E-state index contributed by atoms with van der Waals surface area (Å²) in [7, 11) is 1.70. The van der Waals surface area contributed by atoms with Crippen molar-refractivity contribution in [2.75, 3.05) is 11.9 Å². The number of anilines is 1. The van der Waals surface area contributed by atoms with E-state index < -0.39 is 11.4 Å². The number of likely N-dealkylation sites (N-methyl/N-ethyl adjacent to an activating group) is 1. The van der Waals surface area contributed by atoms with Gasteiger partial charge in [-0.2, -0.15) is 0 Å². The number of nitrogens with zero attached hydrogens (tertiary/aromatic N) is 1. The first-order valence-corrected chi connectivity index (χ1v) is 5.91. The van der Waals surface area contributed by atoms with E-state index in [1.54, 1.807) is 31.9 Å². The second-order valence-electron chi connectivity index (χ2n) is 4.65. The quantitative estimate of drug-likeness (QED) is 0.866. The van der Waals surface area contributed by atoms with Gasteiger partial charge in [0.1, 0.15) is 0 Å². The third-order valence-electron chi connectivity index (χ3n) is 3.16. The molecule has 0 atom stereocenters. The van der Waals surface area contributed by atoms with Crippen LogP contribution in [-0.4, -0.2) is 24.0 Å². The number of carboxylic acids is 1. The largest absolute Gasteiger partial charge is 0.478 e. The van der Waals surface area contributed by atoms with Crippen molar-refractivity contribution in [3.63, 3.8) is 0 Å². The van der Waals surface area contributed by atoms with Crippen LogP contribution in [0, 0.1) is 0 Å². The van der Waals surface area contributed by atoms with E-state index in [9.17, 15) is 9.59 Å². The SMILES string of the molecule is CN1C(=O)C(C)(C)c2cc(C(=O)O)cc(Br)c21. The standard InChI is InChI=1S/C12H12BrNO3/c1-12(2)7-4-6(10(15)16)5-8(13)9(7)14(3)11(12)17/h4-5H,1-3H3,(H,15,16). The molecule has 5 heteroatoms. The van der Waals surface area contributed by atoms with Crippen LogP contribution in [0.25, 0.3) is 0 Å². The molecule has 0 bridgehead atoms. The van der Waals surface area contributed by atoms with Gasteiger partial charge in [0.25, 0.3) is 0 Å². The van der Waals surface area contributed by atoms with E-state index in [1.807, 2.05) is 0 Å². The summed E-state index contributed by atoms with van der Waals surface area (Å²) in [4.78, 5) is 24.6. The summed E-state index contributed by atoms with van der Waals surface area (Å²) < 4.78 is 0.633. The molecule has 0 unspecified atom stereocenters. The lowest BCUT2D eigenvalue weighted by molar-refractivity contribution is -0.121. The number of amides is 1. The van der Waals surface area contributed by atoms with Crippen LogP contribution in [0.3, 0.4) is 0 Å². The Bertz CT molecular complexity index is 537. The van der Waals surface area contributed by atoms with Crippen LogP contribution in [0.1, 0.15) is 29.8 Å². The maximum atomic E-state index is 12.1. The first-order chi connectivity index (χ1) is 7.76. The summed E-state index contributed by atoms with van der Waals surface area (Å²) in [6, 6.07) is 3.09. The van der Waals surface area contributed by atoms with Gasteiger partial charge in [0.05, 0.1) is 16.7 Å². The van der Waals surface area contributed by atoms with Crippen molar-refractivity contribution < 1.29 is 14.7 Å². The van der Waals surface area contributed by atoms with E-state index in [4.69, 9.17) is 5.11 Å². The third kappa shape index (κ3) is 1.57. The van der Waals surface area contributed by atoms with Crippen molar-refractivity contribution in [2.45, 2.75) is 19.3 Å². The molecule has 1 amide bonds. The van der Waals surface area contributed by atoms with Gasteiger partial charge in [0, 0.05) is 11.5 Å². The fraction of sp³-hybridized carbons (Fsp3) is 0.333. The number of fused-ring (bicyclic) bond motifs is 1. The Morgan fingerprint density at radius 3 is 2.53 bits per heavy atom. The van der Waals surface area contributed by atoms with Crippen LogP contribution in [0.15, 0.2) is 16.6 Å². The highest BCUT2D eigenvalue weighted by Gasteiger charge is 2.43. The van der Waals surface area contributed by atoms with Crippen LogP contribution in [0.2, 0.25) is 0 Å². The molecular formula is C12H12BrNO3. The number of carbonyl (C=O) groups excluding carboxylic acids is 1. The maximum Gasteiger partial charge on any atom is 0.335 e. The lowest BCUT2D eigenvalue weighted by atomic mass is 9.85. The Balaban J connectivity index is 2.75. The number of rotatable bonds is 1. The highest BCUT2D eigenvalue weighted by atomic mass is 79.9. The molecule has 4 nitrogen and oxygen atoms in total. The van der Waals surface area contributed by atoms with Crippen LogP contribution < -0.4 is 4.90 Å². The summed E-state index contributed by atoms with van der Waals surface area (Å²) in [6.45, 7) is 3.60. The van der Waals surface area contributed by atoms with Gasteiger partial charge in [-0.15, -0.1) is 0 Å². The molecule has 17 heavy (non-hydrogen) atoms. The van der Waals surface area contributed by atoms with Gasteiger partial charge in [-0.05, 0) is 47.5 Å². The Morgan fingerprint density at radius 1 is 1.41 bits per heavy atom. The first kappa shape index (κ1) is 12.1. The molecule has 2 rings (SSSR count). The van der Waals surface area contributed by atoms with Gasteiger partial charge in [0.15, 0.2) is 0 Å². The van der Waals surface area contributed by atoms with Crippen molar-refractivity contribution >= 4 is 33.5 Å². The van der Waals surface area contributed by atoms with Crippen LogP contribution in [0.4, 0.5) is 5.69 Å². The number of hydrogen-bond donors (Lipinski definition) is 1. The minimum Gasteiger partial charge on any atom is -0.478 e. The monoisotopic (exact) mass is 297 g/mol. The van der Waals surface area contributed by atoms with Crippen molar-refractivity contribution in [3.05, 3.63) is 27.7 Å². The molecule has 0 saturated carbocycles. The minimum atomic E-state index is -0.994. The molecule has 0 spiro atoms. The molecule has 90 valence electrons. The molecule has 0 radical (unpaired) electrons. The second-order valence-corrected chi connectivity index (χ2v) is 5.50. The lowest BCUT2D eigenvalue weighted by Crippen LogP contribution is -2.33. The van der Waals surface area contributed by atoms with Gasteiger partial charge in [-0.3, -0.25) is 4.79 Å². The van der Waals surface area contributed by atoms with Crippen LogP contribution >= 0.6 is 15.9 Å². The molecule has 1 aromatic carbocycles. The second kappa shape index (κ2) is 3.57. The smallest absolute Gasteiger partial charge is 0.335 e. The zero-order valence-electron chi connectivity index (χ0n) is 9.74. The number of halogens is 1. The van der Waals surface area contributed by atoms with Crippen molar-refractivity contribution in [1.82, 2.24) is 0 Å². The van der Waals surface area contributed by atoms with Crippen molar-refractivity contribution in [2.24, 2.45) is 0 Å². The third-order valence-corrected chi connectivity index (χ3v) is 3.76. The Labute approximate surface area is 107 Å². The molecule has 1 aliphatic rings. The van der Waals surface area contributed by atoms with Gasteiger partial charge in [-0.25, -0.2) is 4.79 Å². The molecule has 0 fully saturated rings. The number of carboxylic acid groups (broad SMARTS) is 1. The highest BCUT2D eigenvalue weighted by Crippen LogP contribution is 2.45. The molecule has 0 saturated heterocycles.